The highest BCUT2D eigenvalue weighted by molar-refractivity contribution is 7.09. The van der Waals surface area contributed by atoms with E-state index in [2.05, 4.69) is 41.5 Å². The van der Waals surface area contributed by atoms with Crippen LogP contribution in [0.1, 0.15) is 105 Å². The van der Waals surface area contributed by atoms with Crippen LogP contribution in [-0.2, 0) is 6.54 Å². The van der Waals surface area contributed by atoms with Crippen molar-refractivity contribution in [3.8, 4) is 5.75 Å². The third-order valence-electron chi connectivity index (χ3n) is 6.65. The fourth-order valence-electron chi connectivity index (χ4n) is 4.52. The summed E-state index contributed by atoms with van der Waals surface area (Å²) in [6, 6.07) is 15.5. The highest BCUT2D eigenvalue weighted by atomic mass is 79.9. The summed E-state index contributed by atoms with van der Waals surface area (Å²) < 4.78 is 8.05. The summed E-state index contributed by atoms with van der Waals surface area (Å²) in [7, 11) is 0. The van der Waals surface area contributed by atoms with Crippen LogP contribution in [0.2, 0.25) is 0 Å². The van der Waals surface area contributed by atoms with Gasteiger partial charge in [-0.2, -0.15) is 4.57 Å². The number of nitrogens with one attached hydrogen (secondary N) is 1. The van der Waals surface area contributed by atoms with Crippen LogP contribution in [0.15, 0.2) is 60.2 Å². The SMILES string of the molecule is CCCCCCCCCCCCCCOc1ccc(NC(=O)c2cccc(C[n+]3csc(C)c3)c2)cc1.[Br-]. The lowest BCUT2D eigenvalue weighted by molar-refractivity contribution is -0.683. The van der Waals surface area contributed by atoms with Crippen LogP contribution in [0.3, 0.4) is 0 Å². The monoisotopic (exact) mass is 600 g/mol. The Morgan fingerprint density at radius 2 is 1.50 bits per heavy atom. The Morgan fingerprint density at radius 3 is 2.11 bits per heavy atom. The van der Waals surface area contributed by atoms with Gasteiger partial charge in [0.1, 0.15) is 5.75 Å². The Bertz CT molecular complexity index is 1050. The molecule has 3 aromatic rings. The summed E-state index contributed by atoms with van der Waals surface area (Å²) in [6.45, 7) is 5.88. The summed E-state index contributed by atoms with van der Waals surface area (Å²) in [5.74, 6) is 0.754. The molecule has 0 atom stereocenters. The van der Waals surface area contributed by atoms with Gasteiger partial charge in [0.05, 0.1) is 11.5 Å². The van der Waals surface area contributed by atoms with E-state index in [1.807, 2.05) is 42.5 Å². The number of rotatable bonds is 18. The fraction of sp³-hybridized carbons (Fsp3) is 0.500. The number of nitrogens with zero attached hydrogens (tertiary/aromatic N) is 1. The first-order chi connectivity index (χ1) is 18.1. The maximum absolute atomic E-state index is 12.8. The van der Waals surface area contributed by atoms with Crippen LogP contribution < -0.4 is 31.6 Å². The number of halogens is 1. The molecule has 1 amide bonds. The van der Waals surface area contributed by atoms with Gasteiger partial charge in [-0.1, -0.05) is 101 Å². The van der Waals surface area contributed by atoms with Gasteiger partial charge in [0.2, 0.25) is 5.51 Å². The zero-order valence-electron chi connectivity index (χ0n) is 23.2. The second-order valence-corrected chi connectivity index (χ2v) is 11.1. The van der Waals surface area contributed by atoms with Crippen LogP contribution in [0, 0.1) is 6.92 Å². The predicted molar refractivity (Wildman–Crippen MR) is 156 cm³/mol. The first-order valence-electron chi connectivity index (χ1n) is 14.2. The van der Waals surface area contributed by atoms with Crippen molar-refractivity contribution in [2.24, 2.45) is 0 Å². The molecule has 4 nitrogen and oxygen atoms in total. The average Bonchev–Trinajstić information content (AvgIpc) is 3.32. The quantitative estimate of drug-likeness (QED) is 0.150. The molecule has 0 bridgehead atoms. The number of ether oxygens (including phenoxy) is 1. The van der Waals surface area contributed by atoms with E-state index in [0.29, 0.717) is 5.56 Å². The largest absolute Gasteiger partial charge is 1.00 e. The smallest absolute Gasteiger partial charge is 0.255 e. The van der Waals surface area contributed by atoms with Crippen molar-refractivity contribution < 1.29 is 31.1 Å². The number of benzene rings is 2. The third-order valence-corrected chi connectivity index (χ3v) is 7.51. The average molecular weight is 602 g/mol. The molecule has 0 fully saturated rings. The first kappa shape index (κ1) is 32.0. The van der Waals surface area contributed by atoms with E-state index in [9.17, 15) is 4.79 Å². The van der Waals surface area contributed by atoms with Crippen molar-refractivity contribution in [2.75, 3.05) is 11.9 Å². The fourth-order valence-corrected chi connectivity index (χ4v) is 5.15. The topological polar surface area (TPSA) is 42.2 Å². The number of hydrogen-bond donors (Lipinski definition) is 1. The van der Waals surface area contributed by atoms with E-state index in [-0.39, 0.29) is 22.9 Å². The van der Waals surface area contributed by atoms with Gasteiger partial charge in [0, 0.05) is 16.8 Å². The molecule has 0 unspecified atom stereocenters. The van der Waals surface area contributed by atoms with E-state index in [4.69, 9.17) is 4.74 Å². The van der Waals surface area contributed by atoms with Crippen molar-refractivity contribution in [3.05, 3.63) is 76.2 Å². The number of aryl methyl sites for hydroxylation is 1. The van der Waals surface area contributed by atoms with E-state index in [1.54, 1.807) is 11.3 Å². The molecule has 1 heterocycles. The van der Waals surface area contributed by atoms with Crippen LogP contribution in [0.5, 0.6) is 5.75 Å². The van der Waals surface area contributed by atoms with Gasteiger partial charge in [-0.3, -0.25) is 4.79 Å². The second kappa shape index (κ2) is 19.0. The van der Waals surface area contributed by atoms with E-state index < -0.39 is 0 Å². The minimum atomic E-state index is -0.0986. The molecule has 0 saturated carbocycles. The minimum Gasteiger partial charge on any atom is -1.00 e. The highest BCUT2D eigenvalue weighted by Crippen LogP contribution is 2.18. The van der Waals surface area contributed by atoms with Gasteiger partial charge in [-0.15, -0.1) is 0 Å². The molecule has 0 aliphatic carbocycles. The summed E-state index contributed by atoms with van der Waals surface area (Å²) in [6.07, 6.45) is 18.2. The summed E-state index contributed by atoms with van der Waals surface area (Å²) in [4.78, 5) is 14.0. The highest BCUT2D eigenvalue weighted by Gasteiger charge is 2.10. The number of anilines is 1. The zero-order valence-corrected chi connectivity index (χ0v) is 25.6. The number of carbonyl (C=O) groups excluding carboxylic acids is 1. The maximum Gasteiger partial charge on any atom is 0.255 e. The molecular weight excluding hydrogens is 556 g/mol. The van der Waals surface area contributed by atoms with Gasteiger partial charge in [0.25, 0.3) is 5.91 Å². The molecule has 3 rings (SSSR count). The number of carbonyl (C=O) groups is 1. The number of unbranched alkanes of at least 4 members (excludes halogenated alkanes) is 11. The molecule has 2 aromatic carbocycles. The Labute approximate surface area is 244 Å². The number of thiazole rings is 1. The molecule has 0 spiro atoms. The van der Waals surface area contributed by atoms with Crippen LogP contribution in [0.4, 0.5) is 5.69 Å². The predicted octanol–water partition coefficient (Wildman–Crippen LogP) is 5.73. The van der Waals surface area contributed by atoms with Crippen molar-refractivity contribution >= 4 is 22.9 Å². The number of amides is 1. The van der Waals surface area contributed by atoms with Crippen LogP contribution in [0.25, 0.3) is 0 Å². The van der Waals surface area contributed by atoms with Crippen molar-refractivity contribution in [1.82, 2.24) is 0 Å². The Balaban J connectivity index is 0.00000507. The summed E-state index contributed by atoms with van der Waals surface area (Å²) >= 11 is 1.72. The van der Waals surface area contributed by atoms with Crippen molar-refractivity contribution in [1.29, 1.82) is 0 Å². The molecular formula is C32H45BrN2O2S. The van der Waals surface area contributed by atoms with E-state index in [1.165, 1.54) is 75.5 Å². The van der Waals surface area contributed by atoms with Gasteiger partial charge in [-0.25, -0.2) is 0 Å². The molecule has 0 radical (unpaired) electrons. The standard InChI is InChI=1S/C32H44N2O2S.BrH/c1-3-4-5-6-7-8-9-10-11-12-13-14-22-36-31-20-18-30(19-21-31)33-32(35)29-17-15-16-28(23-29)25-34-24-27(2)37-26-34;/h15-21,23-24,26H,3-14,22,25H2,1-2H3;1H. The molecule has 0 aliphatic heterocycles. The Morgan fingerprint density at radius 1 is 0.868 bits per heavy atom. The number of aromatic nitrogens is 1. The lowest BCUT2D eigenvalue weighted by atomic mass is 10.1. The third kappa shape index (κ3) is 12.6. The Hall–Kier alpha value is -2.18. The van der Waals surface area contributed by atoms with Crippen LogP contribution in [-0.4, -0.2) is 12.5 Å². The molecule has 6 heteroatoms. The minimum absolute atomic E-state index is 0. The summed E-state index contributed by atoms with van der Waals surface area (Å²) in [5.41, 5.74) is 4.65. The molecule has 0 saturated heterocycles. The summed E-state index contributed by atoms with van der Waals surface area (Å²) in [5, 5.41) is 3.00. The van der Waals surface area contributed by atoms with Crippen molar-refractivity contribution in [2.45, 2.75) is 97.4 Å². The van der Waals surface area contributed by atoms with Gasteiger partial charge in [-0.05, 0) is 49.7 Å². The van der Waals surface area contributed by atoms with Gasteiger partial charge >= 0.3 is 0 Å². The van der Waals surface area contributed by atoms with Gasteiger partial charge < -0.3 is 27.0 Å². The molecule has 0 aliphatic rings. The Kier molecular flexibility index (Phi) is 16.0. The second-order valence-electron chi connectivity index (χ2n) is 10.1. The normalized spacial score (nSPS) is 10.7. The van der Waals surface area contributed by atoms with Gasteiger partial charge in [0.15, 0.2) is 12.7 Å². The first-order valence-corrected chi connectivity index (χ1v) is 15.1. The lowest BCUT2D eigenvalue weighted by Gasteiger charge is -2.09. The molecule has 208 valence electrons. The number of hydrogen-bond acceptors (Lipinski definition) is 3. The lowest BCUT2D eigenvalue weighted by Crippen LogP contribution is -3.00. The maximum atomic E-state index is 12.8. The van der Waals surface area contributed by atoms with Crippen LogP contribution >= 0.6 is 11.3 Å². The van der Waals surface area contributed by atoms with Crippen molar-refractivity contribution in [3.63, 3.8) is 0 Å². The molecule has 1 N–H and O–H groups in total. The molecule has 1 aromatic heterocycles. The molecule has 38 heavy (non-hydrogen) atoms. The zero-order chi connectivity index (χ0) is 26.1. The van der Waals surface area contributed by atoms with E-state index in [0.717, 1.165) is 36.6 Å². The van der Waals surface area contributed by atoms with E-state index >= 15 is 0 Å².